The molecule has 0 saturated carbocycles. The lowest BCUT2D eigenvalue weighted by Crippen LogP contribution is -2.16. The first-order valence-corrected chi connectivity index (χ1v) is 5.56. The molecule has 0 radical (unpaired) electrons. The predicted octanol–water partition coefficient (Wildman–Crippen LogP) is 3.49. The third kappa shape index (κ3) is 3.33. The van der Waals surface area contributed by atoms with Crippen LogP contribution in [0.15, 0.2) is 11.3 Å². The van der Waals surface area contributed by atoms with Crippen LogP contribution in [0.5, 0.6) is 0 Å². The van der Waals surface area contributed by atoms with Crippen molar-refractivity contribution in [3.05, 3.63) is 11.3 Å². The first-order valence-electron chi connectivity index (χ1n) is 5.56. The van der Waals surface area contributed by atoms with E-state index in [-0.39, 0.29) is 0 Å². The smallest absolute Gasteiger partial charge is 0.126 e. The molecule has 0 aliphatic heterocycles. The molecule has 14 heavy (non-hydrogen) atoms. The molecule has 0 rings (SSSR count). The molecule has 0 amide bonds. The van der Waals surface area contributed by atoms with Crippen molar-refractivity contribution in [3.8, 4) is 0 Å². The Morgan fingerprint density at radius 3 is 1.79 bits per heavy atom. The predicted molar refractivity (Wildman–Crippen MR) is 61.4 cm³/mol. The lowest BCUT2D eigenvalue weighted by molar-refractivity contribution is 0.179. The number of allylic oxidation sites excluding steroid dienone is 2. The van der Waals surface area contributed by atoms with E-state index in [0.29, 0.717) is 17.8 Å². The molecule has 0 aromatic rings. The maximum absolute atomic E-state index is 5.35. The van der Waals surface area contributed by atoms with Crippen LogP contribution in [0.3, 0.4) is 0 Å². The topological polar surface area (TPSA) is 35.2 Å². The molecular formula is C12H25NO. The molecule has 0 aromatic carbocycles. The van der Waals surface area contributed by atoms with Gasteiger partial charge in [0.25, 0.3) is 0 Å². The molecule has 84 valence electrons. The fourth-order valence-corrected chi connectivity index (χ4v) is 1.85. The molecular weight excluding hydrogens is 174 g/mol. The fraction of sp³-hybridized carbons (Fsp3) is 0.833. The maximum atomic E-state index is 5.35. The van der Waals surface area contributed by atoms with E-state index in [4.69, 9.17) is 10.7 Å². The van der Waals surface area contributed by atoms with Crippen LogP contribution in [0.4, 0.5) is 0 Å². The van der Waals surface area contributed by atoms with Crippen LogP contribution >= 0.6 is 0 Å². The average Bonchev–Trinajstić information content (AvgIpc) is 2.11. The quantitative estimate of drug-likeness (QED) is 0.543. The number of hydrogen-bond donors (Lipinski definition) is 1. The highest BCUT2D eigenvalue weighted by atomic mass is 16.6. The molecule has 0 spiro atoms. The summed E-state index contributed by atoms with van der Waals surface area (Å²) in [6.07, 6.45) is 1.13. The van der Waals surface area contributed by atoms with E-state index in [1.807, 2.05) is 0 Å². The molecule has 0 bridgehead atoms. The van der Waals surface area contributed by atoms with E-state index in [2.05, 4.69) is 41.5 Å². The molecule has 2 N–H and O–H groups in total. The zero-order valence-electron chi connectivity index (χ0n) is 10.4. The molecule has 2 nitrogen and oxygen atoms in total. The SMILES string of the molecule is CCC(C)/C(=C(\ON)C(C)C)C(C)C. The van der Waals surface area contributed by atoms with Crippen molar-refractivity contribution in [1.82, 2.24) is 0 Å². The van der Waals surface area contributed by atoms with Gasteiger partial charge in [0.05, 0.1) is 0 Å². The van der Waals surface area contributed by atoms with Gasteiger partial charge in [-0.25, -0.2) is 0 Å². The molecule has 0 heterocycles. The van der Waals surface area contributed by atoms with E-state index in [0.717, 1.165) is 12.2 Å². The molecule has 0 aliphatic carbocycles. The largest absolute Gasteiger partial charge is 0.416 e. The van der Waals surface area contributed by atoms with Gasteiger partial charge in [-0.05, 0) is 23.8 Å². The van der Waals surface area contributed by atoms with Gasteiger partial charge in [-0.2, -0.15) is 5.90 Å². The van der Waals surface area contributed by atoms with Crippen molar-refractivity contribution < 1.29 is 4.84 Å². The molecule has 0 aliphatic rings. The van der Waals surface area contributed by atoms with Crippen LogP contribution in [0.2, 0.25) is 0 Å². The normalized spacial score (nSPS) is 15.8. The Labute approximate surface area is 88.5 Å². The van der Waals surface area contributed by atoms with E-state index in [9.17, 15) is 0 Å². The molecule has 1 unspecified atom stereocenters. The van der Waals surface area contributed by atoms with Gasteiger partial charge in [0.1, 0.15) is 5.76 Å². The summed E-state index contributed by atoms with van der Waals surface area (Å²) in [6.45, 7) is 13.1. The summed E-state index contributed by atoms with van der Waals surface area (Å²) < 4.78 is 0. The van der Waals surface area contributed by atoms with Crippen LogP contribution in [-0.2, 0) is 4.84 Å². The first kappa shape index (κ1) is 13.5. The molecule has 0 aromatic heterocycles. The van der Waals surface area contributed by atoms with Crippen molar-refractivity contribution in [2.24, 2.45) is 23.7 Å². The third-order valence-electron chi connectivity index (χ3n) is 2.70. The Balaban J connectivity index is 5.09. The highest BCUT2D eigenvalue weighted by Gasteiger charge is 2.19. The summed E-state index contributed by atoms with van der Waals surface area (Å²) in [4.78, 5) is 5.04. The van der Waals surface area contributed by atoms with Crippen molar-refractivity contribution in [2.45, 2.75) is 48.0 Å². The van der Waals surface area contributed by atoms with Gasteiger partial charge >= 0.3 is 0 Å². The van der Waals surface area contributed by atoms with Crippen molar-refractivity contribution in [3.63, 3.8) is 0 Å². The molecule has 1 atom stereocenters. The molecule has 2 heteroatoms. The molecule has 0 saturated heterocycles. The highest BCUT2D eigenvalue weighted by molar-refractivity contribution is 5.15. The van der Waals surface area contributed by atoms with Crippen LogP contribution in [0.1, 0.15) is 48.0 Å². The Hall–Kier alpha value is -0.500. The Morgan fingerprint density at radius 2 is 1.57 bits per heavy atom. The zero-order chi connectivity index (χ0) is 11.3. The van der Waals surface area contributed by atoms with E-state index >= 15 is 0 Å². The van der Waals surface area contributed by atoms with Crippen molar-refractivity contribution in [2.75, 3.05) is 0 Å². The lowest BCUT2D eigenvalue weighted by atomic mass is 9.86. The first-order chi connectivity index (χ1) is 6.45. The summed E-state index contributed by atoms with van der Waals surface area (Å²) in [5.41, 5.74) is 1.37. The molecule has 0 fully saturated rings. The average molecular weight is 199 g/mol. The number of hydrogen-bond acceptors (Lipinski definition) is 2. The van der Waals surface area contributed by atoms with Crippen LogP contribution in [-0.4, -0.2) is 0 Å². The van der Waals surface area contributed by atoms with E-state index in [1.54, 1.807) is 0 Å². The van der Waals surface area contributed by atoms with E-state index < -0.39 is 0 Å². The second kappa shape index (κ2) is 6.07. The minimum atomic E-state index is 0.367. The zero-order valence-corrected chi connectivity index (χ0v) is 10.4. The Morgan fingerprint density at radius 1 is 1.07 bits per heavy atom. The summed E-state index contributed by atoms with van der Waals surface area (Å²) in [5.74, 6) is 7.74. The van der Waals surface area contributed by atoms with Gasteiger partial charge in [-0.1, -0.05) is 41.5 Å². The van der Waals surface area contributed by atoms with Crippen molar-refractivity contribution in [1.29, 1.82) is 0 Å². The number of nitrogens with two attached hydrogens (primary N) is 1. The van der Waals surface area contributed by atoms with Crippen LogP contribution in [0, 0.1) is 17.8 Å². The Bertz CT molecular complexity index is 194. The monoisotopic (exact) mass is 199 g/mol. The van der Waals surface area contributed by atoms with Crippen LogP contribution in [0.25, 0.3) is 0 Å². The second-order valence-electron chi connectivity index (χ2n) is 4.56. The summed E-state index contributed by atoms with van der Waals surface area (Å²) in [7, 11) is 0. The minimum absolute atomic E-state index is 0.367. The minimum Gasteiger partial charge on any atom is -0.416 e. The lowest BCUT2D eigenvalue weighted by Gasteiger charge is -2.23. The van der Waals surface area contributed by atoms with Gasteiger partial charge in [0.15, 0.2) is 0 Å². The third-order valence-corrected chi connectivity index (χ3v) is 2.70. The van der Waals surface area contributed by atoms with Crippen LogP contribution < -0.4 is 5.90 Å². The van der Waals surface area contributed by atoms with Gasteiger partial charge in [0, 0.05) is 5.92 Å². The van der Waals surface area contributed by atoms with Gasteiger partial charge in [-0.15, -0.1) is 0 Å². The second-order valence-corrected chi connectivity index (χ2v) is 4.56. The Kier molecular flexibility index (Phi) is 5.86. The van der Waals surface area contributed by atoms with Gasteiger partial charge < -0.3 is 4.84 Å². The summed E-state index contributed by atoms with van der Waals surface area (Å²) in [5, 5.41) is 0. The number of rotatable bonds is 5. The summed E-state index contributed by atoms with van der Waals surface area (Å²) >= 11 is 0. The highest BCUT2D eigenvalue weighted by Crippen LogP contribution is 2.29. The van der Waals surface area contributed by atoms with Gasteiger partial charge in [-0.3, -0.25) is 0 Å². The maximum Gasteiger partial charge on any atom is 0.126 e. The van der Waals surface area contributed by atoms with E-state index in [1.165, 1.54) is 5.57 Å². The summed E-state index contributed by atoms with van der Waals surface area (Å²) in [6, 6.07) is 0. The van der Waals surface area contributed by atoms with Crippen molar-refractivity contribution >= 4 is 0 Å². The van der Waals surface area contributed by atoms with Gasteiger partial charge in [0.2, 0.25) is 0 Å². The fourth-order valence-electron chi connectivity index (χ4n) is 1.85. The standard InChI is InChI=1S/C12H25NO/c1-7-10(6)11(8(2)3)12(14-13)9(4)5/h8-10H,7,13H2,1-6H3/b12-11-.